The molecule has 1 unspecified atom stereocenters. The number of hydrogen-bond acceptors (Lipinski definition) is 3. The number of rotatable bonds is 4. The topological polar surface area (TPSA) is 60.9 Å². The molecule has 0 saturated carbocycles. The van der Waals surface area contributed by atoms with E-state index in [1.165, 1.54) is 6.07 Å². The smallest absolute Gasteiger partial charge is 0.228 e. The van der Waals surface area contributed by atoms with E-state index in [4.69, 9.17) is 0 Å². The predicted molar refractivity (Wildman–Crippen MR) is 127 cm³/mol. The maximum atomic E-state index is 13.9. The summed E-state index contributed by atoms with van der Waals surface area (Å²) in [6.07, 6.45) is 1.17. The average Bonchev–Trinajstić information content (AvgIpc) is 2.85. The summed E-state index contributed by atoms with van der Waals surface area (Å²) in [6.45, 7) is 5.98. The molecule has 7 heteroatoms. The quantitative estimate of drug-likeness (QED) is 0.695. The number of hydrogen-bond donors (Lipinski definition) is 0. The molecule has 0 spiro atoms. The highest BCUT2D eigenvalue weighted by atomic mass is 19.1. The number of likely N-dealkylation sites (tertiary alicyclic amines) is 1. The van der Waals surface area contributed by atoms with Crippen molar-refractivity contribution < 1.29 is 18.8 Å². The summed E-state index contributed by atoms with van der Waals surface area (Å²) in [5, 5.41) is 0. The zero-order chi connectivity index (χ0) is 24.3. The van der Waals surface area contributed by atoms with Gasteiger partial charge in [0.15, 0.2) is 0 Å². The molecule has 6 nitrogen and oxygen atoms in total. The van der Waals surface area contributed by atoms with Crippen LogP contribution in [0.5, 0.6) is 0 Å². The third kappa shape index (κ3) is 4.98. The summed E-state index contributed by atoms with van der Waals surface area (Å²) < 4.78 is 13.9. The Labute approximate surface area is 200 Å². The second kappa shape index (κ2) is 9.95. The number of benzene rings is 2. The van der Waals surface area contributed by atoms with Gasteiger partial charge in [0.05, 0.1) is 12.5 Å². The highest BCUT2D eigenvalue weighted by molar-refractivity contribution is 5.84. The van der Waals surface area contributed by atoms with E-state index in [0.29, 0.717) is 51.1 Å². The molecular formula is C27H32FN3O3. The monoisotopic (exact) mass is 465 g/mol. The van der Waals surface area contributed by atoms with E-state index < -0.39 is 5.41 Å². The van der Waals surface area contributed by atoms with Crippen LogP contribution in [-0.2, 0) is 20.8 Å². The van der Waals surface area contributed by atoms with Crippen LogP contribution in [0.15, 0.2) is 54.6 Å². The first-order valence-electron chi connectivity index (χ1n) is 11.9. The largest absolute Gasteiger partial charge is 0.342 e. The molecule has 0 N–H and O–H groups in total. The Morgan fingerprint density at radius 3 is 2.21 bits per heavy atom. The van der Waals surface area contributed by atoms with E-state index in [-0.39, 0.29) is 36.0 Å². The van der Waals surface area contributed by atoms with Crippen LogP contribution in [0.1, 0.15) is 43.9 Å². The van der Waals surface area contributed by atoms with Gasteiger partial charge in [-0.3, -0.25) is 14.4 Å². The highest BCUT2D eigenvalue weighted by Crippen LogP contribution is 2.35. The average molecular weight is 466 g/mol. The van der Waals surface area contributed by atoms with Crippen molar-refractivity contribution in [1.29, 1.82) is 0 Å². The minimum atomic E-state index is -0.561. The number of nitrogens with zero attached hydrogens (tertiary/aromatic N) is 3. The predicted octanol–water partition coefficient (Wildman–Crippen LogP) is 3.43. The number of amides is 3. The van der Waals surface area contributed by atoms with Crippen molar-refractivity contribution in [1.82, 2.24) is 14.7 Å². The van der Waals surface area contributed by atoms with Crippen LogP contribution < -0.4 is 0 Å². The maximum Gasteiger partial charge on any atom is 0.228 e. The second-order valence-corrected chi connectivity index (χ2v) is 9.60. The summed E-state index contributed by atoms with van der Waals surface area (Å²) in [6, 6.07) is 16.0. The SMILES string of the molecule is CC(=O)N1CCN(C(=O)C2(C)CCN(C(=O)Cc3ccccc3F)CC2)CC1c1ccccc1. The van der Waals surface area contributed by atoms with E-state index in [9.17, 15) is 18.8 Å². The van der Waals surface area contributed by atoms with Gasteiger partial charge >= 0.3 is 0 Å². The summed E-state index contributed by atoms with van der Waals surface area (Å²) in [5.74, 6) is -0.393. The van der Waals surface area contributed by atoms with Crippen molar-refractivity contribution in [2.24, 2.45) is 5.41 Å². The molecule has 0 bridgehead atoms. The third-order valence-electron chi connectivity index (χ3n) is 7.29. The number of piperidine rings is 1. The van der Waals surface area contributed by atoms with Crippen LogP contribution in [0, 0.1) is 11.2 Å². The molecule has 2 fully saturated rings. The standard InChI is InChI=1S/C27H32FN3O3/c1-20(32)31-17-16-30(19-24(31)21-8-4-3-5-9-21)26(34)27(2)12-14-29(15-13-27)25(33)18-22-10-6-7-11-23(22)28/h3-11,24H,12-19H2,1-2H3. The van der Waals surface area contributed by atoms with Gasteiger partial charge in [-0.15, -0.1) is 0 Å². The van der Waals surface area contributed by atoms with Gasteiger partial charge in [-0.2, -0.15) is 0 Å². The van der Waals surface area contributed by atoms with E-state index in [0.717, 1.165) is 5.56 Å². The van der Waals surface area contributed by atoms with Crippen LogP contribution in [-0.4, -0.2) is 65.1 Å². The lowest BCUT2D eigenvalue weighted by Gasteiger charge is -2.46. The lowest BCUT2D eigenvalue weighted by molar-refractivity contribution is -0.152. The Bertz CT molecular complexity index is 1050. The molecule has 34 heavy (non-hydrogen) atoms. The van der Waals surface area contributed by atoms with Gasteiger partial charge in [0.1, 0.15) is 5.82 Å². The Morgan fingerprint density at radius 2 is 1.56 bits per heavy atom. The molecule has 180 valence electrons. The van der Waals surface area contributed by atoms with Gasteiger partial charge in [0.2, 0.25) is 17.7 Å². The van der Waals surface area contributed by atoms with Crippen molar-refractivity contribution in [3.63, 3.8) is 0 Å². The van der Waals surface area contributed by atoms with Crippen LogP contribution in [0.2, 0.25) is 0 Å². The van der Waals surface area contributed by atoms with Gasteiger partial charge in [0, 0.05) is 45.1 Å². The first kappa shape index (κ1) is 23.9. The van der Waals surface area contributed by atoms with Crippen molar-refractivity contribution in [2.75, 3.05) is 32.7 Å². The molecule has 2 aromatic carbocycles. The lowest BCUT2D eigenvalue weighted by atomic mass is 9.78. The van der Waals surface area contributed by atoms with E-state index >= 15 is 0 Å². The summed E-state index contributed by atoms with van der Waals surface area (Å²) in [7, 11) is 0. The molecule has 2 aromatic rings. The Morgan fingerprint density at radius 1 is 0.912 bits per heavy atom. The molecule has 2 saturated heterocycles. The first-order chi connectivity index (χ1) is 16.3. The zero-order valence-corrected chi connectivity index (χ0v) is 19.9. The molecule has 4 rings (SSSR count). The third-order valence-corrected chi connectivity index (χ3v) is 7.29. The highest BCUT2D eigenvalue weighted by Gasteiger charge is 2.43. The molecule has 1 atom stereocenters. The summed E-state index contributed by atoms with van der Waals surface area (Å²) in [5.41, 5.74) is 0.857. The fraction of sp³-hybridized carbons (Fsp3) is 0.444. The minimum absolute atomic E-state index is 0.00818. The van der Waals surface area contributed by atoms with Crippen molar-refractivity contribution in [2.45, 2.75) is 39.2 Å². The number of piperazine rings is 1. The molecule has 3 amide bonds. The van der Waals surface area contributed by atoms with Gasteiger partial charge in [-0.05, 0) is 30.0 Å². The Kier molecular flexibility index (Phi) is 7.00. The zero-order valence-electron chi connectivity index (χ0n) is 19.9. The number of carbonyl (C=O) groups excluding carboxylic acids is 3. The van der Waals surface area contributed by atoms with Crippen molar-refractivity contribution >= 4 is 17.7 Å². The Balaban J connectivity index is 1.40. The van der Waals surface area contributed by atoms with E-state index in [1.54, 1.807) is 30.0 Å². The second-order valence-electron chi connectivity index (χ2n) is 9.60. The van der Waals surface area contributed by atoms with Gasteiger partial charge in [-0.1, -0.05) is 55.5 Å². The first-order valence-corrected chi connectivity index (χ1v) is 11.9. The molecule has 2 aliphatic rings. The minimum Gasteiger partial charge on any atom is -0.342 e. The van der Waals surface area contributed by atoms with Crippen LogP contribution in [0.3, 0.4) is 0 Å². The maximum absolute atomic E-state index is 13.9. The molecule has 2 heterocycles. The fourth-order valence-corrected chi connectivity index (χ4v) is 5.07. The van der Waals surface area contributed by atoms with Gasteiger partial charge in [-0.25, -0.2) is 4.39 Å². The lowest BCUT2D eigenvalue weighted by Crippen LogP contribution is -2.56. The fourth-order valence-electron chi connectivity index (χ4n) is 5.07. The van der Waals surface area contributed by atoms with E-state index in [2.05, 4.69) is 0 Å². The van der Waals surface area contributed by atoms with E-state index in [1.807, 2.05) is 47.1 Å². The van der Waals surface area contributed by atoms with Crippen LogP contribution in [0.25, 0.3) is 0 Å². The van der Waals surface area contributed by atoms with Crippen molar-refractivity contribution in [3.8, 4) is 0 Å². The molecular weight excluding hydrogens is 433 g/mol. The normalized spacial score (nSPS) is 20.2. The molecule has 0 aromatic heterocycles. The molecule has 0 radical (unpaired) electrons. The Hall–Kier alpha value is -3.22. The summed E-state index contributed by atoms with van der Waals surface area (Å²) >= 11 is 0. The molecule has 2 aliphatic heterocycles. The molecule has 0 aliphatic carbocycles. The number of halogens is 1. The van der Waals surface area contributed by atoms with Gasteiger partial charge in [0.25, 0.3) is 0 Å². The van der Waals surface area contributed by atoms with Crippen LogP contribution in [0.4, 0.5) is 4.39 Å². The van der Waals surface area contributed by atoms with Crippen LogP contribution >= 0.6 is 0 Å². The van der Waals surface area contributed by atoms with Crippen molar-refractivity contribution in [3.05, 3.63) is 71.5 Å². The van der Waals surface area contributed by atoms with Gasteiger partial charge < -0.3 is 14.7 Å². The summed E-state index contributed by atoms with van der Waals surface area (Å²) in [4.78, 5) is 44.0. The number of carbonyl (C=O) groups is 3.